The zero-order valence-corrected chi connectivity index (χ0v) is 9.81. The van der Waals surface area contributed by atoms with E-state index >= 15 is 0 Å². The molecule has 2 atom stereocenters. The van der Waals surface area contributed by atoms with E-state index in [4.69, 9.17) is 0 Å². The molecule has 2 nitrogen and oxygen atoms in total. The van der Waals surface area contributed by atoms with Gasteiger partial charge in [0, 0.05) is 6.04 Å². The molecule has 0 fully saturated rings. The molecular formula is C9H18BrNO. The second-order valence-electron chi connectivity index (χ2n) is 3.46. The highest BCUT2D eigenvalue weighted by atomic mass is 79.9. The van der Waals surface area contributed by atoms with Gasteiger partial charge in [-0.15, -0.1) is 0 Å². The van der Waals surface area contributed by atoms with Gasteiger partial charge in [0.15, 0.2) is 0 Å². The number of hydrogen-bond acceptors (Lipinski definition) is 1. The number of carbonyl (C=O) groups excluding carboxylic acids is 1. The molecule has 0 aromatic rings. The summed E-state index contributed by atoms with van der Waals surface area (Å²) in [5.41, 5.74) is 0. The van der Waals surface area contributed by atoms with Gasteiger partial charge in [0.1, 0.15) is 0 Å². The van der Waals surface area contributed by atoms with Crippen LogP contribution >= 0.6 is 15.9 Å². The summed E-state index contributed by atoms with van der Waals surface area (Å²) in [7, 11) is 0. The van der Waals surface area contributed by atoms with E-state index in [1.54, 1.807) is 0 Å². The van der Waals surface area contributed by atoms with Crippen molar-refractivity contribution in [1.82, 2.24) is 5.32 Å². The zero-order valence-electron chi connectivity index (χ0n) is 8.23. The highest BCUT2D eigenvalue weighted by Crippen LogP contribution is 2.11. The zero-order chi connectivity index (χ0) is 9.72. The maximum Gasteiger partial charge on any atom is 0.234 e. The summed E-state index contributed by atoms with van der Waals surface area (Å²) in [6.45, 7) is 8.12. The van der Waals surface area contributed by atoms with E-state index in [0.29, 0.717) is 5.92 Å². The first kappa shape index (κ1) is 11.9. The summed E-state index contributed by atoms with van der Waals surface area (Å²) in [5.74, 6) is 0.438. The van der Waals surface area contributed by atoms with Crippen molar-refractivity contribution in [3.8, 4) is 0 Å². The first-order valence-electron chi connectivity index (χ1n) is 4.43. The Hall–Kier alpha value is -0.0500. The number of rotatable bonds is 4. The van der Waals surface area contributed by atoms with Crippen molar-refractivity contribution in [3.05, 3.63) is 0 Å². The van der Waals surface area contributed by atoms with Gasteiger partial charge in [-0.3, -0.25) is 4.79 Å². The lowest BCUT2D eigenvalue weighted by Crippen LogP contribution is -2.39. The van der Waals surface area contributed by atoms with Crippen molar-refractivity contribution in [3.63, 3.8) is 0 Å². The average molecular weight is 236 g/mol. The number of hydrogen-bond donors (Lipinski definition) is 1. The maximum absolute atomic E-state index is 11.4. The molecule has 0 aliphatic heterocycles. The van der Waals surface area contributed by atoms with Gasteiger partial charge in [-0.1, -0.05) is 36.7 Å². The molecule has 0 radical (unpaired) electrons. The Kier molecular flexibility index (Phi) is 5.55. The highest BCUT2D eigenvalue weighted by Gasteiger charge is 2.19. The normalized spacial score (nSPS) is 15.8. The van der Waals surface area contributed by atoms with E-state index < -0.39 is 0 Å². The topological polar surface area (TPSA) is 29.1 Å². The van der Waals surface area contributed by atoms with Crippen molar-refractivity contribution in [2.45, 2.75) is 45.0 Å². The third-order valence-electron chi connectivity index (χ3n) is 1.84. The summed E-state index contributed by atoms with van der Waals surface area (Å²) < 4.78 is 0. The van der Waals surface area contributed by atoms with Crippen LogP contribution in [0.3, 0.4) is 0 Å². The first-order chi connectivity index (χ1) is 5.49. The van der Waals surface area contributed by atoms with Gasteiger partial charge in [0.05, 0.1) is 4.83 Å². The molecule has 12 heavy (non-hydrogen) atoms. The molecular weight excluding hydrogens is 218 g/mol. The van der Waals surface area contributed by atoms with Crippen LogP contribution in [0.2, 0.25) is 0 Å². The number of alkyl halides is 1. The molecule has 0 aromatic carbocycles. The SMILES string of the molecule is CCC(C)NC(=O)C(Br)C(C)C. The van der Waals surface area contributed by atoms with Crippen LogP contribution < -0.4 is 5.32 Å². The van der Waals surface area contributed by atoms with Crippen LogP contribution in [0.15, 0.2) is 0 Å². The Labute approximate surface area is 83.2 Å². The van der Waals surface area contributed by atoms with Crippen molar-refractivity contribution in [1.29, 1.82) is 0 Å². The molecule has 0 bridgehead atoms. The first-order valence-corrected chi connectivity index (χ1v) is 5.35. The standard InChI is InChI=1S/C9H18BrNO/c1-5-7(4)11-9(12)8(10)6(2)3/h6-8H,5H2,1-4H3,(H,11,12). The average Bonchev–Trinajstić information content (AvgIpc) is 2.02. The Morgan fingerprint density at radius 3 is 2.25 bits per heavy atom. The number of carbonyl (C=O) groups is 1. The third kappa shape index (κ3) is 4.10. The van der Waals surface area contributed by atoms with Crippen LogP contribution in [0.4, 0.5) is 0 Å². The lowest BCUT2D eigenvalue weighted by atomic mass is 10.1. The van der Waals surface area contributed by atoms with Gasteiger partial charge in [0.25, 0.3) is 0 Å². The third-order valence-corrected chi connectivity index (χ3v) is 3.31. The van der Waals surface area contributed by atoms with Gasteiger partial charge in [-0.2, -0.15) is 0 Å². The number of amides is 1. The van der Waals surface area contributed by atoms with Crippen molar-refractivity contribution in [2.75, 3.05) is 0 Å². The molecule has 0 spiro atoms. The van der Waals surface area contributed by atoms with E-state index in [-0.39, 0.29) is 16.8 Å². The second-order valence-corrected chi connectivity index (χ2v) is 4.45. The minimum Gasteiger partial charge on any atom is -0.353 e. The fourth-order valence-electron chi connectivity index (χ4n) is 0.727. The van der Waals surface area contributed by atoms with Crippen molar-refractivity contribution >= 4 is 21.8 Å². The Morgan fingerprint density at radius 1 is 1.42 bits per heavy atom. The van der Waals surface area contributed by atoms with Crippen LogP contribution in [0.1, 0.15) is 34.1 Å². The molecule has 0 saturated carbocycles. The van der Waals surface area contributed by atoms with E-state index in [1.807, 2.05) is 20.8 Å². The van der Waals surface area contributed by atoms with Crippen LogP contribution in [-0.2, 0) is 4.79 Å². The van der Waals surface area contributed by atoms with E-state index in [9.17, 15) is 4.79 Å². The largest absolute Gasteiger partial charge is 0.353 e. The maximum atomic E-state index is 11.4. The van der Waals surface area contributed by atoms with Crippen LogP contribution in [0.5, 0.6) is 0 Å². The summed E-state index contributed by atoms with van der Waals surface area (Å²) in [6, 6.07) is 0.274. The van der Waals surface area contributed by atoms with Gasteiger partial charge in [0.2, 0.25) is 5.91 Å². The van der Waals surface area contributed by atoms with Gasteiger partial charge < -0.3 is 5.32 Å². The molecule has 0 aliphatic rings. The summed E-state index contributed by atoms with van der Waals surface area (Å²) in [6.07, 6.45) is 0.976. The molecule has 0 saturated heterocycles. The molecule has 72 valence electrons. The van der Waals surface area contributed by atoms with E-state index in [1.165, 1.54) is 0 Å². The molecule has 1 amide bonds. The monoisotopic (exact) mass is 235 g/mol. The Morgan fingerprint density at radius 2 is 1.92 bits per heavy atom. The van der Waals surface area contributed by atoms with Gasteiger partial charge in [-0.25, -0.2) is 0 Å². The summed E-state index contributed by atoms with van der Waals surface area (Å²) >= 11 is 3.35. The van der Waals surface area contributed by atoms with Gasteiger partial charge >= 0.3 is 0 Å². The van der Waals surface area contributed by atoms with E-state index in [0.717, 1.165) is 6.42 Å². The molecule has 1 N–H and O–H groups in total. The predicted molar refractivity (Wildman–Crippen MR) is 55.4 cm³/mol. The molecule has 0 rings (SSSR count). The lowest BCUT2D eigenvalue weighted by molar-refractivity contribution is -0.121. The summed E-state index contributed by atoms with van der Waals surface area (Å²) in [5, 5.41) is 2.92. The fraction of sp³-hybridized carbons (Fsp3) is 0.889. The Balaban J connectivity index is 3.87. The van der Waals surface area contributed by atoms with Gasteiger partial charge in [-0.05, 0) is 19.3 Å². The quantitative estimate of drug-likeness (QED) is 0.745. The Bertz CT molecular complexity index is 147. The fourth-order valence-corrected chi connectivity index (χ4v) is 0.859. The van der Waals surface area contributed by atoms with Crippen molar-refractivity contribution < 1.29 is 4.79 Å². The second kappa shape index (κ2) is 5.57. The molecule has 0 heterocycles. The predicted octanol–water partition coefficient (Wildman–Crippen LogP) is 2.32. The molecule has 0 aromatic heterocycles. The van der Waals surface area contributed by atoms with E-state index in [2.05, 4.69) is 28.2 Å². The minimum absolute atomic E-state index is 0.0634. The van der Waals surface area contributed by atoms with Crippen LogP contribution in [0, 0.1) is 5.92 Å². The molecule has 2 unspecified atom stereocenters. The van der Waals surface area contributed by atoms with Crippen molar-refractivity contribution in [2.24, 2.45) is 5.92 Å². The lowest BCUT2D eigenvalue weighted by Gasteiger charge is -2.17. The van der Waals surface area contributed by atoms with Crippen LogP contribution in [0.25, 0.3) is 0 Å². The minimum atomic E-state index is -0.0634. The molecule has 0 aliphatic carbocycles. The number of nitrogens with one attached hydrogen (secondary N) is 1. The number of halogens is 1. The molecule has 3 heteroatoms. The highest BCUT2D eigenvalue weighted by molar-refractivity contribution is 9.10. The van der Waals surface area contributed by atoms with Crippen LogP contribution in [-0.4, -0.2) is 16.8 Å². The smallest absolute Gasteiger partial charge is 0.234 e. The summed E-state index contributed by atoms with van der Waals surface area (Å²) in [4.78, 5) is 11.3.